The van der Waals surface area contributed by atoms with E-state index in [0.717, 1.165) is 4.68 Å². The summed E-state index contributed by atoms with van der Waals surface area (Å²) in [5.74, 6) is -1.81. The van der Waals surface area contributed by atoms with E-state index in [1.165, 1.54) is 30.3 Å². The first kappa shape index (κ1) is 22.9. The number of rotatable bonds is 8. The van der Waals surface area contributed by atoms with Crippen molar-refractivity contribution in [2.24, 2.45) is 0 Å². The molecule has 164 valence electrons. The second kappa shape index (κ2) is 10.5. The summed E-state index contributed by atoms with van der Waals surface area (Å²) in [6.45, 7) is 1.63. The number of halogens is 1. The summed E-state index contributed by atoms with van der Waals surface area (Å²) in [4.78, 5) is 49.1. The van der Waals surface area contributed by atoms with Crippen LogP contribution in [0.25, 0.3) is 0 Å². The van der Waals surface area contributed by atoms with Crippen molar-refractivity contribution in [2.45, 2.75) is 19.9 Å². The SMILES string of the molecule is CCCn1nc(C(=O)OCC(=O)Nc2ccc(Cl)cc2C(=O)c2ccccc2)ccc1=O. The highest BCUT2D eigenvalue weighted by atomic mass is 35.5. The minimum Gasteiger partial charge on any atom is -0.451 e. The van der Waals surface area contributed by atoms with E-state index >= 15 is 0 Å². The number of carbonyl (C=O) groups excluding carboxylic acids is 3. The Kier molecular flexibility index (Phi) is 7.51. The lowest BCUT2D eigenvalue weighted by molar-refractivity contribution is -0.119. The van der Waals surface area contributed by atoms with Gasteiger partial charge in [-0.15, -0.1) is 0 Å². The summed E-state index contributed by atoms with van der Waals surface area (Å²) in [7, 11) is 0. The Bertz CT molecular complexity index is 1210. The molecule has 0 atom stereocenters. The number of benzene rings is 2. The van der Waals surface area contributed by atoms with Crippen LogP contribution >= 0.6 is 11.6 Å². The van der Waals surface area contributed by atoms with Crippen LogP contribution in [0.3, 0.4) is 0 Å². The maximum Gasteiger partial charge on any atom is 0.359 e. The number of ether oxygens (including phenoxy) is 1. The topological polar surface area (TPSA) is 107 Å². The zero-order valence-corrected chi connectivity index (χ0v) is 18.0. The van der Waals surface area contributed by atoms with E-state index in [-0.39, 0.29) is 28.3 Å². The summed E-state index contributed by atoms with van der Waals surface area (Å²) in [6, 6.07) is 15.5. The maximum atomic E-state index is 12.8. The van der Waals surface area contributed by atoms with Gasteiger partial charge in [-0.05, 0) is 30.7 Å². The van der Waals surface area contributed by atoms with Crippen LogP contribution in [0.5, 0.6) is 0 Å². The Morgan fingerprint density at radius 3 is 2.53 bits per heavy atom. The Balaban J connectivity index is 1.69. The van der Waals surface area contributed by atoms with Crippen molar-refractivity contribution in [1.82, 2.24) is 9.78 Å². The van der Waals surface area contributed by atoms with E-state index in [0.29, 0.717) is 23.6 Å². The standard InChI is InChI=1S/C23H20ClN3O5/c1-2-12-27-21(29)11-10-19(26-27)23(31)32-14-20(28)25-18-9-8-16(24)13-17(18)22(30)15-6-4-3-5-7-15/h3-11,13H,2,12,14H2,1H3,(H,25,28). The number of aryl methyl sites for hydroxylation is 1. The molecule has 0 saturated heterocycles. The van der Waals surface area contributed by atoms with Crippen LogP contribution in [-0.4, -0.2) is 34.0 Å². The minimum absolute atomic E-state index is 0.0858. The van der Waals surface area contributed by atoms with Crippen LogP contribution in [-0.2, 0) is 16.1 Å². The number of nitrogens with zero attached hydrogens (tertiary/aromatic N) is 2. The van der Waals surface area contributed by atoms with Crippen LogP contribution in [0.2, 0.25) is 5.02 Å². The lowest BCUT2D eigenvalue weighted by Crippen LogP contribution is -2.26. The molecule has 9 heteroatoms. The van der Waals surface area contributed by atoms with Crippen molar-refractivity contribution in [3.8, 4) is 0 Å². The predicted molar refractivity (Wildman–Crippen MR) is 119 cm³/mol. The Morgan fingerprint density at radius 1 is 1.06 bits per heavy atom. The van der Waals surface area contributed by atoms with Crippen molar-refractivity contribution < 1.29 is 19.1 Å². The molecule has 0 bridgehead atoms. The van der Waals surface area contributed by atoms with Gasteiger partial charge in [0.2, 0.25) is 0 Å². The molecule has 3 aromatic rings. The average Bonchev–Trinajstić information content (AvgIpc) is 2.80. The Hall–Kier alpha value is -3.78. The quantitative estimate of drug-likeness (QED) is 0.414. The molecule has 0 aliphatic carbocycles. The van der Waals surface area contributed by atoms with Crippen LogP contribution in [0, 0.1) is 0 Å². The van der Waals surface area contributed by atoms with Gasteiger partial charge in [0.15, 0.2) is 18.1 Å². The monoisotopic (exact) mass is 453 g/mol. The summed E-state index contributed by atoms with van der Waals surface area (Å²) in [5, 5.41) is 6.84. The summed E-state index contributed by atoms with van der Waals surface area (Å²) < 4.78 is 6.16. The van der Waals surface area contributed by atoms with Gasteiger partial charge in [-0.25, -0.2) is 9.48 Å². The molecule has 0 spiro atoms. The Morgan fingerprint density at radius 2 is 1.81 bits per heavy atom. The van der Waals surface area contributed by atoms with Crippen LogP contribution in [0.15, 0.2) is 65.5 Å². The van der Waals surface area contributed by atoms with E-state index in [9.17, 15) is 19.2 Å². The molecule has 0 aliphatic heterocycles. The third-order valence-corrected chi connectivity index (χ3v) is 4.62. The Labute approximate surface area is 188 Å². The van der Waals surface area contributed by atoms with E-state index in [1.54, 1.807) is 30.3 Å². The molecule has 8 nitrogen and oxygen atoms in total. The lowest BCUT2D eigenvalue weighted by atomic mass is 10.0. The number of nitrogens with one attached hydrogen (secondary N) is 1. The number of carbonyl (C=O) groups is 3. The summed E-state index contributed by atoms with van der Waals surface area (Å²) in [5.41, 5.74) is 0.456. The highest BCUT2D eigenvalue weighted by molar-refractivity contribution is 6.31. The normalized spacial score (nSPS) is 10.4. The smallest absolute Gasteiger partial charge is 0.359 e. The van der Waals surface area contributed by atoms with Crippen molar-refractivity contribution in [3.05, 3.63) is 92.9 Å². The molecule has 1 heterocycles. The van der Waals surface area contributed by atoms with Gasteiger partial charge in [0.1, 0.15) is 0 Å². The molecule has 0 fully saturated rings. The zero-order valence-electron chi connectivity index (χ0n) is 17.2. The van der Waals surface area contributed by atoms with Crippen molar-refractivity contribution in [2.75, 3.05) is 11.9 Å². The van der Waals surface area contributed by atoms with Crippen LogP contribution < -0.4 is 10.9 Å². The molecule has 2 aromatic carbocycles. The average molecular weight is 454 g/mol. The minimum atomic E-state index is -0.846. The van der Waals surface area contributed by atoms with Gasteiger partial charge in [0, 0.05) is 28.8 Å². The molecule has 32 heavy (non-hydrogen) atoms. The van der Waals surface area contributed by atoms with E-state index in [2.05, 4.69) is 10.4 Å². The van der Waals surface area contributed by atoms with Gasteiger partial charge in [-0.1, -0.05) is 48.9 Å². The molecule has 1 N–H and O–H groups in total. The van der Waals surface area contributed by atoms with Crippen molar-refractivity contribution in [3.63, 3.8) is 0 Å². The molecule has 1 amide bonds. The fourth-order valence-electron chi connectivity index (χ4n) is 2.88. The second-order valence-corrected chi connectivity index (χ2v) is 7.23. The van der Waals surface area contributed by atoms with Gasteiger partial charge < -0.3 is 10.1 Å². The predicted octanol–water partition coefficient (Wildman–Crippen LogP) is 3.33. The fraction of sp³-hybridized carbons (Fsp3) is 0.174. The summed E-state index contributed by atoms with van der Waals surface area (Å²) >= 11 is 6.04. The first-order valence-electron chi connectivity index (χ1n) is 9.83. The number of hydrogen-bond donors (Lipinski definition) is 1. The number of hydrogen-bond acceptors (Lipinski definition) is 6. The van der Waals surface area contributed by atoms with Gasteiger partial charge in [-0.3, -0.25) is 14.4 Å². The van der Waals surface area contributed by atoms with Crippen LogP contribution in [0.4, 0.5) is 5.69 Å². The molecule has 0 unspecified atom stereocenters. The zero-order chi connectivity index (χ0) is 23.1. The van der Waals surface area contributed by atoms with E-state index in [4.69, 9.17) is 16.3 Å². The van der Waals surface area contributed by atoms with Gasteiger partial charge >= 0.3 is 5.97 Å². The fourth-order valence-corrected chi connectivity index (χ4v) is 3.05. The van der Waals surface area contributed by atoms with Crippen LogP contribution in [0.1, 0.15) is 39.8 Å². The van der Waals surface area contributed by atoms with Gasteiger partial charge in [-0.2, -0.15) is 5.10 Å². The third-order valence-electron chi connectivity index (χ3n) is 4.38. The van der Waals surface area contributed by atoms with Crippen molar-refractivity contribution in [1.29, 1.82) is 0 Å². The number of esters is 1. The van der Waals surface area contributed by atoms with Gasteiger partial charge in [0.05, 0.1) is 5.69 Å². The molecule has 1 aromatic heterocycles. The van der Waals surface area contributed by atoms with E-state index in [1.807, 2.05) is 6.92 Å². The van der Waals surface area contributed by atoms with E-state index < -0.39 is 18.5 Å². The molecular formula is C23H20ClN3O5. The number of aromatic nitrogens is 2. The molecule has 3 rings (SSSR count). The molecule has 0 radical (unpaired) electrons. The lowest BCUT2D eigenvalue weighted by Gasteiger charge is -2.12. The second-order valence-electron chi connectivity index (χ2n) is 6.79. The highest BCUT2D eigenvalue weighted by Crippen LogP contribution is 2.23. The summed E-state index contributed by atoms with van der Waals surface area (Å²) in [6.07, 6.45) is 0.666. The number of anilines is 1. The first-order valence-corrected chi connectivity index (χ1v) is 10.2. The van der Waals surface area contributed by atoms with Gasteiger partial charge in [0.25, 0.3) is 11.5 Å². The number of amides is 1. The van der Waals surface area contributed by atoms with Crippen molar-refractivity contribution >= 4 is 34.9 Å². The third kappa shape index (κ3) is 5.67. The highest BCUT2D eigenvalue weighted by Gasteiger charge is 2.18. The molecular weight excluding hydrogens is 434 g/mol. The molecule has 0 aliphatic rings. The number of ketones is 1. The first-order chi connectivity index (χ1) is 15.4. The maximum absolute atomic E-state index is 12.8. The largest absolute Gasteiger partial charge is 0.451 e. The molecule has 0 saturated carbocycles.